The number of guanidine groups is 1. The van der Waals surface area contributed by atoms with Gasteiger partial charge in [0.2, 0.25) is 10.0 Å². The molecule has 0 aliphatic heterocycles. The zero-order chi connectivity index (χ0) is 21.8. The van der Waals surface area contributed by atoms with E-state index in [-0.39, 0.29) is 11.4 Å². The van der Waals surface area contributed by atoms with Crippen molar-refractivity contribution in [2.45, 2.75) is 11.4 Å². The lowest BCUT2D eigenvalue weighted by molar-refractivity contribution is 0.204. The summed E-state index contributed by atoms with van der Waals surface area (Å²) >= 11 is 0. The number of para-hydroxylation sites is 1. The lowest BCUT2D eigenvalue weighted by atomic mass is 10.2. The Hall–Kier alpha value is -2.62. The normalized spacial score (nSPS) is 11.9. The molecular weight excluding hydrogens is 404 g/mol. The van der Waals surface area contributed by atoms with Crippen LogP contribution >= 0.6 is 0 Å². The predicted molar refractivity (Wildman–Crippen MR) is 118 cm³/mol. The van der Waals surface area contributed by atoms with E-state index in [2.05, 4.69) is 15.0 Å². The van der Waals surface area contributed by atoms with Gasteiger partial charge >= 0.3 is 0 Å². The van der Waals surface area contributed by atoms with Crippen molar-refractivity contribution in [1.29, 1.82) is 0 Å². The zero-order valence-electron chi connectivity index (χ0n) is 17.7. The average Bonchev–Trinajstić information content (AvgIpc) is 2.75. The van der Waals surface area contributed by atoms with Crippen LogP contribution in [0.1, 0.15) is 5.56 Å². The fraction of sp³-hybridized carbons (Fsp3) is 0.381. The minimum absolute atomic E-state index is 0.220. The topological polar surface area (TPSA) is 92.3 Å². The molecule has 0 radical (unpaired) electrons. The lowest BCUT2D eigenvalue weighted by Gasteiger charge is -2.22. The first kappa shape index (κ1) is 23.7. The molecule has 8 nitrogen and oxygen atoms in total. The average molecular weight is 435 g/mol. The highest BCUT2D eigenvalue weighted by atomic mass is 32.2. The van der Waals surface area contributed by atoms with Gasteiger partial charge < -0.3 is 19.7 Å². The second-order valence-electron chi connectivity index (χ2n) is 6.52. The summed E-state index contributed by atoms with van der Waals surface area (Å²) in [6.45, 7) is 2.15. The van der Waals surface area contributed by atoms with Gasteiger partial charge in [0.15, 0.2) is 5.96 Å². The first-order valence-electron chi connectivity index (χ1n) is 9.63. The van der Waals surface area contributed by atoms with Crippen LogP contribution < -0.4 is 14.8 Å². The quantitative estimate of drug-likeness (QED) is 0.318. The molecule has 0 fully saturated rings. The molecule has 0 aliphatic carbocycles. The minimum atomic E-state index is -3.57. The summed E-state index contributed by atoms with van der Waals surface area (Å²) in [5.74, 6) is 1.52. The van der Waals surface area contributed by atoms with Gasteiger partial charge in [-0.05, 0) is 29.8 Å². The molecule has 9 heteroatoms. The fourth-order valence-corrected chi connectivity index (χ4v) is 3.76. The molecule has 2 aromatic rings. The molecule has 2 rings (SSSR count). The monoisotopic (exact) mass is 434 g/mol. The number of nitrogens with one attached hydrogen (secondary N) is 2. The molecule has 2 aromatic carbocycles. The summed E-state index contributed by atoms with van der Waals surface area (Å²) in [5.41, 5.74) is 0.833. The third-order valence-electron chi connectivity index (χ3n) is 4.27. The number of methoxy groups -OCH3 is 1. The highest BCUT2D eigenvalue weighted by molar-refractivity contribution is 7.89. The molecule has 164 valence electrons. The van der Waals surface area contributed by atoms with Gasteiger partial charge in [-0.1, -0.05) is 30.3 Å². The van der Waals surface area contributed by atoms with Crippen molar-refractivity contribution < 1.29 is 17.9 Å². The Morgan fingerprint density at radius 3 is 2.57 bits per heavy atom. The van der Waals surface area contributed by atoms with E-state index in [1.54, 1.807) is 25.2 Å². The van der Waals surface area contributed by atoms with Gasteiger partial charge in [0.25, 0.3) is 0 Å². The van der Waals surface area contributed by atoms with Crippen LogP contribution in [0.25, 0.3) is 0 Å². The van der Waals surface area contributed by atoms with Gasteiger partial charge in [0, 0.05) is 34.3 Å². The van der Waals surface area contributed by atoms with Crippen LogP contribution in [0.5, 0.6) is 5.75 Å². The van der Waals surface area contributed by atoms with E-state index in [1.807, 2.05) is 48.3 Å². The second-order valence-corrected chi connectivity index (χ2v) is 8.29. The maximum absolute atomic E-state index is 12.4. The molecule has 0 atom stereocenters. The van der Waals surface area contributed by atoms with Crippen molar-refractivity contribution >= 4 is 16.0 Å². The Balaban J connectivity index is 1.88. The maximum atomic E-state index is 12.4. The fourth-order valence-electron chi connectivity index (χ4n) is 2.67. The Morgan fingerprint density at radius 2 is 1.87 bits per heavy atom. The van der Waals surface area contributed by atoms with Crippen molar-refractivity contribution in [3.05, 3.63) is 60.2 Å². The van der Waals surface area contributed by atoms with Crippen molar-refractivity contribution in [3.8, 4) is 5.75 Å². The molecular formula is C21H30N4O4S. The molecule has 0 saturated heterocycles. The van der Waals surface area contributed by atoms with Gasteiger partial charge in [0.1, 0.15) is 12.4 Å². The predicted octanol–water partition coefficient (Wildman–Crippen LogP) is 1.70. The Bertz CT molecular complexity index is 904. The largest absolute Gasteiger partial charge is 0.492 e. The van der Waals surface area contributed by atoms with Crippen LogP contribution in [0, 0.1) is 0 Å². The SMILES string of the molecule is CN=C(NCc1cccc(S(=O)(=O)NCCOC)c1)N(C)CCOc1ccccc1. The molecule has 0 bridgehead atoms. The lowest BCUT2D eigenvalue weighted by Crippen LogP contribution is -2.40. The molecule has 0 aliphatic rings. The summed E-state index contributed by atoms with van der Waals surface area (Å²) in [7, 11) is 1.58. The Kier molecular flexibility index (Phi) is 9.59. The highest BCUT2D eigenvalue weighted by Gasteiger charge is 2.14. The summed E-state index contributed by atoms with van der Waals surface area (Å²) in [6.07, 6.45) is 0. The molecule has 0 amide bonds. The van der Waals surface area contributed by atoms with E-state index in [4.69, 9.17) is 9.47 Å². The number of ether oxygens (including phenoxy) is 2. The van der Waals surface area contributed by atoms with E-state index in [1.165, 1.54) is 7.11 Å². The maximum Gasteiger partial charge on any atom is 0.240 e. The third-order valence-corrected chi connectivity index (χ3v) is 5.73. The number of hydrogen-bond donors (Lipinski definition) is 2. The van der Waals surface area contributed by atoms with Gasteiger partial charge in [-0.25, -0.2) is 13.1 Å². The number of hydrogen-bond acceptors (Lipinski definition) is 5. The number of nitrogens with zero attached hydrogens (tertiary/aromatic N) is 2. The third kappa shape index (κ3) is 7.66. The van der Waals surface area contributed by atoms with E-state index in [0.717, 1.165) is 11.3 Å². The minimum Gasteiger partial charge on any atom is -0.492 e. The van der Waals surface area contributed by atoms with Crippen LogP contribution in [0.15, 0.2) is 64.5 Å². The van der Waals surface area contributed by atoms with E-state index in [9.17, 15) is 8.42 Å². The van der Waals surface area contributed by atoms with Crippen molar-refractivity contribution in [2.75, 3.05) is 47.5 Å². The molecule has 0 saturated carbocycles. The van der Waals surface area contributed by atoms with E-state index >= 15 is 0 Å². The molecule has 30 heavy (non-hydrogen) atoms. The standard InChI is InChI=1S/C21H30N4O4S/c1-22-21(25(2)13-15-29-19-9-5-4-6-10-19)23-17-18-8-7-11-20(16-18)30(26,27)24-12-14-28-3/h4-11,16,24H,12-15,17H2,1-3H3,(H,22,23). The number of likely N-dealkylation sites (N-methyl/N-ethyl adjacent to an activating group) is 1. The van der Waals surface area contributed by atoms with Gasteiger partial charge in [0.05, 0.1) is 18.0 Å². The summed E-state index contributed by atoms with van der Waals surface area (Å²) in [5, 5.41) is 3.25. The number of rotatable bonds is 11. The summed E-state index contributed by atoms with van der Waals surface area (Å²) < 4.78 is 37.8. The Labute approximate surface area is 179 Å². The van der Waals surface area contributed by atoms with Gasteiger partial charge in [-0.3, -0.25) is 4.99 Å². The number of benzene rings is 2. The smallest absolute Gasteiger partial charge is 0.240 e. The molecule has 0 heterocycles. The number of sulfonamides is 1. The van der Waals surface area contributed by atoms with Gasteiger partial charge in [-0.2, -0.15) is 0 Å². The Morgan fingerprint density at radius 1 is 1.10 bits per heavy atom. The second kappa shape index (κ2) is 12.2. The van der Waals surface area contributed by atoms with Crippen LogP contribution in [0.3, 0.4) is 0 Å². The molecule has 2 N–H and O–H groups in total. The first-order valence-corrected chi connectivity index (χ1v) is 11.1. The zero-order valence-corrected chi connectivity index (χ0v) is 18.5. The van der Waals surface area contributed by atoms with Gasteiger partial charge in [-0.15, -0.1) is 0 Å². The molecule has 0 spiro atoms. The summed E-state index contributed by atoms with van der Waals surface area (Å²) in [6, 6.07) is 16.4. The van der Waals surface area contributed by atoms with Crippen molar-refractivity contribution in [3.63, 3.8) is 0 Å². The highest BCUT2D eigenvalue weighted by Crippen LogP contribution is 2.11. The molecule has 0 unspecified atom stereocenters. The summed E-state index contributed by atoms with van der Waals surface area (Å²) in [4.78, 5) is 6.46. The first-order chi connectivity index (χ1) is 14.5. The van der Waals surface area contributed by atoms with Crippen molar-refractivity contribution in [2.24, 2.45) is 4.99 Å². The van der Waals surface area contributed by atoms with Crippen LogP contribution in [0.2, 0.25) is 0 Å². The van der Waals surface area contributed by atoms with Crippen molar-refractivity contribution in [1.82, 2.24) is 14.9 Å². The van der Waals surface area contributed by atoms with E-state index < -0.39 is 10.0 Å². The van der Waals surface area contributed by atoms with E-state index in [0.29, 0.717) is 32.3 Å². The number of aliphatic imine (C=N–C) groups is 1. The van der Waals surface area contributed by atoms with Crippen LogP contribution in [-0.4, -0.2) is 66.8 Å². The van der Waals surface area contributed by atoms with Crippen LogP contribution in [-0.2, 0) is 21.3 Å². The van der Waals surface area contributed by atoms with Crippen LogP contribution in [0.4, 0.5) is 0 Å². The molecule has 0 aromatic heterocycles.